The highest BCUT2D eigenvalue weighted by Crippen LogP contribution is 2.26. The van der Waals surface area contributed by atoms with Crippen LogP contribution in [0.2, 0.25) is 0 Å². The van der Waals surface area contributed by atoms with E-state index in [0.29, 0.717) is 11.5 Å². The van der Waals surface area contributed by atoms with Gasteiger partial charge in [0, 0.05) is 17.8 Å². The summed E-state index contributed by atoms with van der Waals surface area (Å²) in [5.74, 6) is 0.589. The van der Waals surface area contributed by atoms with Crippen molar-refractivity contribution in [3.05, 3.63) is 64.8 Å². The van der Waals surface area contributed by atoms with Crippen molar-refractivity contribution >= 4 is 29.0 Å². The molecular weight excluding hydrogens is 324 g/mol. The minimum Gasteiger partial charge on any atom is -0.493 e. The number of amides is 2. The maximum atomic E-state index is 11.5. The van der Waals surface area contributed by atoms with E-state index in [1.54, 1.807) is 12.3 Å². The van der Waals surface area contributed by atoms with Gasteiger partial charge in [-0.05, 0) is 47.7 Å². The summed E-state index contributed by atoms with van der Waals surface area (Å²) in [5, 5.41) is 1.89. The molecule has 0 bridgehead atoms. The average Bonchev–Trinajstić information content (AvgIpc) is 2.92. The SMILES string of the molecule is CC(COc1ccc(/C=C2\SC(=O)NC2=O)cc1)c1ccccn1. The Labute approximate surface area is 144 Å². The standard InChI is InChI=1S/C18H16N2O3S/c1-12(15-4-2-3-9-19-15)11-23-14-7-5-13(6-8-14)10-16-17(21)20-18(22)24-16/h2-10,12H,11H2,1H3,(H,20,21,22)/b16-10-. The van der Waals surface area contributed by atoms with E-state index in [1.165, 1.54) is 0 Å². The Balaban J connectivity index is 1.60. The van der Waals surface area contributed by atoms with Crippen molar-refractivity contribution in [1.82, 2.24) is 10.3 Å². The first-order chi connectivity index (χ1) is 11.6. The summed E-state index contributed by atoms with van der Waals surface area (Å²) in [5.41, 5.74) is 1.83. The summed E-state index contributed by atoms with van der Waals surface area (Å²) < 4.78 is 5.79. The molecule has 1 unspecified atom stereocenters. The molecule has 3 rings (SSSR count). The Morgan fingerprint density at radius 2 is 2.00 bits per heavy atom. The maximum absolute atomic E-state index is 11.5. The molecular formula is C18H16N2O3S. The molecule has 1 aliphatic rings. The van der Waals surface area contributed by atoms with E-state index in [4.69, 9.17) is 4.74 Å². The lowest BCUT2D eigenvalue weighted by Gasteiger charge is -2.12. The molecule has 1 aromatic carbocycles. The summed E-state index contributed by atoms with van der Waals surface area (Å²) in [4.78, 5) is 27.4. The minimum absolute atomic E-state index is 0.192. The third-order valence-electron chi connectivity index (χ3n) is 3.51. The molecule has 0 saturated carbocycles. The molecule has 0 radical (unpaired) electrons. The molecule has 2 amide bonds. The van der Waals surface area contributed by atoms with Gasteiger partial charge in [0.1, 0.15) is 5.75 Å². The molecule has 1 saturated heterocycles. The van der Waals surface area contributed by atoms with Crippen LogP contribution in [0.1, 0.15) is 24.1 Å². The van der Waals surface area contributed by atoms with E-state index in [0.717, 1.165) is 28.8 Å². The normalized spacial score (nSPS) is 17.0. The van der Waals surface area contributed by atoms with Gasteiger partial charge in [-0.25, -0.2) is 0 Å². The monoisotopic (exact) mass is 340 g/mol. The van der Waals surface area contributed by atoms with Gasteiger partial charge in [-0.3, -0.25) is 19.9 Å². The van der Waals surface area contributed by atoms with Crippen molar-refractivity contribution in [3.8, 4) is 5.75 Å². The van der Waals surface area contributed by atoms with E-state index in [2.05, 4.69) is 17.2 Å². The van der Waals surface area contributed by atoms with E-state index in [-0.39, 0.29) is 17.1 Å². The van der Waals surface area contributed by atoms with Crippen LogP contribution >= 0.6 is 11.8 Å². The maximum Gasteiger partial charge on any atom is 0.290 e. The number of ether oxygens (including phenoxy) is 1. The van der Waals surface area contributed by atoms with Crippen LogP contribution in [-0.2, 0) is 4.79 Å². The first kappa shape index (κ1) is 16.3. The van der Waals surface area contributed by atoms with Crippen LogP contribution in [0.15, 0.2) is 53.6 Å². The summed E-state index contributed by atoms with van der Waals surface area (Å²) >= 11 is 0.908. The van der Waals surface area contributed by atoms with Gasteiger partial charge >= 0.3 is 0 Å². The summed E-state index contributed by atoms with van der Waals surface area (Å²) in [6, 6.07) is 13.2. The average molecular weight is 340 g/mol. The van der Waals surface area contributed by atoms with Crippen LogP contribution in [0.5, 0.6) is 5.75 Å². The second-order valence-electron chi connectivity index (χ2n) is 5.39. The molecule has 1 aromatic heterocycles. The highest BCUT2D eigenvalue weighted by atomic mass is 32.2. The Hall–Kier alpha value is -2.60. The molecule has 0 aliphatic carbocycles. The molecule has 2 heterocycles. The number of carbonyl (C=O) groups excluding carboxylic acids is 2. The van der Waals surface area contributed by atoms with Crippen LogP contribution in [0.4, 0.5) is 4.79 Å². The summed E-state index contributed by atoms with van der Waals surface area (Å²) in [6.45, 7) is 2.60. The van der Waals surface area contributed by atoms with Gasteiger partial charge in [0.2, 0.25) is 0 Å². The highest BCUT2D eigenvalue weighted by molar-refractivity contribution is 8.18. The van der Waals surface area contributed by atoms with Crippen LogP contribution in [0.3, 0.4) is 0 Å². The summed E-state index contributed by atoms with van der Waals surface area (Å²) in [7, 11) is 0. The number of hydrogen-bond donors (Lipinski definition) is 1. The number of hydrogen-bond acceptors (Lipinski definition) is 5. The van der Waals surface area contributed by atoms with Gasteiger partial charge in [0.25, 0.3) is 11.1 Å². The van der Waals surface area contributed by atoms with Crippen molar-refractivity contribution in [2.24, 2.45) is 0 Å². The number of nitrogens with zero attached hydrogens (tertiary/aromatic N) is 1. The molecule has 1 fully saturated rings. The summed E-state index contributed by atoms with van der Waals surface area (Å²) in [6.07, 6.45) is 3.46. The van der Waals surface area contributed by atoms with Crippen molar-refractivity contribution in [1.29, 1.82) is 0 Å². The molecule has 5 nitrogen and oxygen atoms in total. The minimum atomic E-state index is -0.352. The second kappa shape index (κ2) is 7.31. The number of carbonyl (C=O) groups is 2. The molecule has 2 aromatic rings. The fourth-order valence-corrected chi connectivity index (χ4v) is 2.89. The lowest BCUT2D eigenvalue weighted by molar-refractivity contribution is -0.115. The highest BCUT2D eigenvalue weighted by Gasteiger charge is 2.24. The van der Waals surface area contributed by atoms with Gasteiger partial charge < -0.3 is 4.74 Å². The molecule has 1 aliphatic heterocycles. The predicted octanol–water partition coefficient (Wildman–Crippen LogP) is 3.59. The fraction of sp³-hybridized carbons (Fsp3) is 0.167. The second-order valence-corrected chi connectivity index (χ2v) is 6.40. The van der Waals surface area contributed by atoms with Gasteiger partial charge in [0.05, 0.1) is 11.5 Å². The van der Waals surface area contributed by atoms with Gasteiger partial charge in [-0.1, -0.05) is 25.1 Å². The number of pyridine rings is 1. The van der Waals surface area contributed by atoms with E-state index in [9.17, 15) is 9.59 Å². The zero-order valence-electron chi connectivity index (χ0n) is 13.1. The van der Waals surface area contributed by atoms with Gasteiger partial charge in [-0.15, -0.1) is 0 Å². The number of rotatable bonds is 5. The number of imide groups is 1. The zero-order valence-corrected chi connectivity index (χ0v) is 13.9. The number of aromatic nitrogens is 1. The largest absolute Gasteiger partial charge is 0.493 e. The van der Waals surface area contributed by atoms with Crippen molar-refractivity contribution < 1.29 is 14.3 Å². The van der Waals surface area contributed by atoms with Crippen molar-refractivity contribution in [2.45, 2.75) is 12.8 Å². The molecule has 122 valence electrons. The first-order valence-electron chi connectivity index (χ1n) is 7.50. The van der Waals surface area contributed by atoms with Crippen molar-refractivity contribution in [2.75, 3.05) is 6.61 Å². The molecule has 6 heteroatoms. The Bertz CT molecular complexity index is 773. The molecule has 0 spiro atoms. The number of nitrogens with one attached hydrogen (secondary N) is 1. The van der Waals surface area contributed by atoms with Gasteiger partial charge in [-0.2, -0.15) is 0 Å². The van der Waals surface area contributed by atoms with Crippen LogP contribution in [0.25, 0.3) is 6.08 Å². The smallest absolute Gasteiger partial charge is 0.290 e. The predicted molar refractivity (Wildman–Crippen MR) is 93.7 cm³/mol. The molecule has 1 atom stereocenters. The third-order valence-corrected chi connectivity index (χ3v) is 4.32. The Morgan fingerprint density at radius 1 is 1.21 bits per heavy atom. The Kier molecular flexibility index (Phi) is 4.96. The van der Waals surface area contributed by atoms with Gasteiger partial charge in [0.15, 0.2) is 0 Å². The zero-order chi connectivity index (χ0) is 16.9. The lowest BCUT2D eigenvalue weighted by atomic mass is 10.1. The molecule has 24 heavy (non-hydrogen) atoms. The van der Waals surface area contributed by atoms with E-state index in [1.807, 2.05) is 42.5 Å². The van der Waals surface area contributed by atoms with Crippen LogP contribution in [0, 0.1) is 0 Å². The topological polar surface area (TPSA) is 68.3 Å². The van der Waals surface area contributed by atoms with E-state index < -0.39 is 0 Å². The fourth-order valence-electron chi connectivity index (χ4n) is 2.21. The lowest BCUT2D eigenvalue weighted by Crippen LogP contribution is -2.17. The van der Waals surface area contributed by atoms with E-state index >= 15 is 0 Å². The number of benzene rings is 1. The van der Waals surface area contributed by atoms with Crippen LogP contribution in [-0.4, -0.2) is 22.7 Å². The quantitative estimate of drug-likeness (QED) is 0.843. The van der Waals surface area contributed by atoms with Crippen LogP contribution < -0.4 is 10.1 Å². The third kappa shape index (κ3) is 4.02. The first-order valence-corrected chi connectivity index (χ1v) is 8.32. The van der Waals surface area contributed by atoms with Crippen molar-refractivity contribution in [3.63, 3.8) is 0 Å². The Morgan fingerprint density at radius 3 is 2.62 bits per heavy atom. The molecule has 1 N–H and O–H groups in total. The number of thioether (sulfide) groups is 1.